The zero-order chi connectivity index (χ0) is 9.78. The largest absolute Gasteiger partial charge is 0.481 e. The van der Waals surface area contributed by atoms with Crippen molar-refractivity contribution in [1.29, 1.82) is 0 Å². The van der Waals surface area contributed by atoms with E-state index < -0.39 is 24.0 Å². The van der Waals surface area contributed by atoms with Gasteiger partial charge in [-0.15, -0.1) is 0 Å². The Labute approximate surface area is 70.0 Å². The zero-order valence-electron chi connectivity index (χ0n) is 7.03. The third kappa shape index (κ3) is 2.50. The monoisotopic (exact) mass is 176 g/mol. The molecule has 0 aromatic carbocycles. The van der Waals surface area contributed by atoms with Crippen molar-refractivity contribution in [2.24, 2.45) is 0 Å². The molecular formula is C7H12O5. The van der Waals surface area contributed by atoms with Crippen LogP contribution in [0.4, 0.5) is 0 Å². The molecule has 70 valence electrons. The van der Waals surface area contributed by atoms with Crippen LogP contribution in [0.25, 0.3) is 0 Å². The van der Waals surface area contributed by atoms with Gasteiger partial charge in [-0.3, -0.25) is 4.79 Å². The number of hydrogen-bond acceptors (Lipinski definition) is 4. The summed E-state index contributed by atoms with van der Waals surface area (Å²) in [5.74, 6) is -2.14. The van der Waals surface area contributed by atoms with E-state index in [2.05, 4.69) is 4.74 Å². The third-order valence-corrected chi connectivity index (χ3v) is 1.59. The van der Waals surface area contributed by atoms with Crippen molar-refractivity contribution in [2.45, 2.75) is 25.4 Å². The van der Waals surface area contributed by atoms with Gasteiger partial charge >= 0.3 is 11.9 Å². The van der Waals surface area contributed by atoms with Crippen LogP contribution in [0.2, 0.25) is 0 Å². The smallest absolute Gasteiger partial charge is 0.338 e. The van der Waals surface area contributed by atoms with E-state index in [0.717, 1.165) is 7.11 Å². The summed E-state index contributed by atoms with van der Waals surface area (Å²) in [5, 5.41) is 17.8. The van der Waals surface area contributed by atoms with Crippen LogP contribution in [0.5, 0.6) is 0 Å². The van der Waals surface area contributed by atoms with Crippen LogP contribution in [0.1, 0.15) is 19.8 Å². The first-order valence-electron chi connectivity index (χ1n) is 3.49. The number of ether oxygens (including phenoxy) is 1. The van der Waals surface area contributed by atoms with Gasteiger partial charge in [0.15, 0.2) is 5.60 Å². The Hall–Kier alpha value is -1.10. The van der Waals surface area contributed by atoms with Crippen molar-refractivity contribution in [1.82, 2.24) is 0 Å². The van der Waals surface area contributed by atoms with Crippen molar-refractivity contribution in [3.05, 3.63) is 0 Å². The molecule has 0 aliphatic rings. The molecule has 0 amide bonds. The number of aliphatic hydroxyl groups is 1. The molecule has 0 fully saturated rings. The lowest BCUT2D eigenvalue weighted by Crippen LogP contribution is -2.41. The van der Waals surface area contributed by atoms with Gasteiger partial charge in [0.05, 0.1) is 13.5 Å². The Morgan fingerprint density at radius 2 is 2.00 bits per heavy atom. The minimum Gasteiger partial charge on any atom is -0.481 e. The Kier molecular flexibility index (Phi) is 3.69. The standard InChI is InChI=1S/C7H12O5/c1-3-7(11,4-5(8)9)6(10)12-2/h11H,3-4H2,1-2H3,(H,8,9). The topological polar surface area (TPSA) is 83.8 Å². The number of esters is 1. The Morgan fingerprint density at radius 1 is 1.50 bits per heavy atom. The van der Waals surface area contributed by atoms with Gasteiger partial charge in [-0.2, -0.15) is 0 Å². The molecule has 0 heterocycles. The summed E-state index contributed by atoms with van der Waals surface area (Å²) >= 11 is 0. The summed E-state index contributed by atoms with van der Waals surface area (Å²) in [7, 11) is 1.10. The van der Waals surface area contributed by atoms with Crippen molar-refractivity contribution in [3.8, 4) is 0 Å². The number of methoxy groups -OCH3 is 1. The molecule has 0 aromatic heterocycles. The molecule has 0 radical (unpaired) electrons. The van der Waals surface area contributed by atoms with E-state index in [4.69, 9.17) is 5.11 Å². The average Bonchev–Trinajstić information content (AvgIpc) is 2.01. The number of carboxylic acids is 1. The summed E-state index contributed by atoms with van der Waals surface area (Å²) in [4.78, 5) is 21.1. The molecular weight excluding hydrogens is 164 g/mol. The second-order valence-corrected chi connectivity index (χ2v) is 2.45. The number of aliphatic carboxylic acids is 1. The zero-order valence-corrected chi connectivity index (χ0v) is 7.03. The maximum Gasteiger partial charge on any atom is 0.338 e. The van der Waals surface area contributed by atoms with E-state index in [1.165, 1.54) is 6.92 Å². The van der Waals surface area contributed by atoms with E-state index in [-0.39, 0.29) is 6.42 Å². The normalized spacial score (nSPS) is 14.9. The van der Waals surface area contributed by atoms with Crippen LogP contribution in [0.3, 0.4) is 0 Å². The highest BCUT2D eigenvalue weighted by molar-refractivity contribution is 5.84. The lowest BCUT2D eigenvalue weighted by Gasteiger charge is -2.20. The van der Waals surface area contributed by atoms with Crippen LogP contribution in [-0.2, 0) is 14.3 Å². The van der Waals surface area contributed by atoms with Gasteiger partial charge in [0.25, 0.3) is 0 Å². The van der Waals surface area contributed by atoms with Crippen LogP contribution in [-0.4, -0.2) is 34.9 Å². The third-order valence-electron chi connectivity index (χ3n) is 1.59. The predicted molar refractivity (Wildman–Crippen MR) is 39.5 cm³/mol. The molecule has 0 aromatic rings. The minimum absolute atomic E-state index is 0.0198. The molecule has 5 nitrogen and oxygen atoms in total. The SMILES string of the molecule is CCC(O)(CC(=O)O)C(=O)OC. The number of carboxylic acid groups (broad SMARTS) is 1. The molecule has 0 bridgehead atoms. The fourth-order valence-electron chi connectivity index (χ4n) is 0.782. The lowest BCUT2D eigenvalue weighted by atomic mass is 9.97. The second kappa shape index (κ2) is 4.06. The average molecular weight is 176 g/mol. The molecule has 0 rings (SSSR count). The van der Waals surface area contributed by atoms with Gasteiger partial charge in [0.2, 0.25) is 0 Å². The summed E-state index contributed by atoms with van der Waals surface area (Å²) in [6.45, 7) is 1.51. The van der Waals surface area contributed by atoms with Gasteiger partial charge < -0.3 is 14.9 Å². The Balaban J connectivity index is 4.44. The summed E-state index contributed by atoms with van der Waals surface area (Å²) in [6, 6.07) is 0. The van der Waals surface area contributed by atoms with Crippen molar-refractivity contribution < 1.29 is 24.5 Å². The van der Waals surface area contributed by atoms with Crippen molar-refractivity contribution >= 4 is 11.9 Å². The van der Waals surface area contributed by atoms with Crippen LogP contribution < -0.4 is 0 Å². The molecule has 12 heavy (non-hydrogen) atoms. The van der Waals surface area contributed by atoms with Gasteiger partial charge in [0.1, 0.15) is 0 Å². The van der Waals surface area contributed by atoms with E-state index in [0.29, 0.717) is 0 Å². The number of rotatable bonds is 4. The molecule has 0 saturated heterocycles. The molecule has 1 unspecified atom stereocenters. The lowest BCUT2D eigenvalue weighted by molar-refractivity contribution is -0.168. The Bertz CT molecular complexity index is 188. The molecule has 0 aliphatic heterocycles. The highest BCUT2D eigenvalue weighted by Crippen LogP contribution is 2.16. The number of carbonyl (C=O) groups excluding carboxylic acids is 1. The fourth-order valence-corrected chi connectivity index (χ4v) is 0.782. The molecule has 0 spiro atoms. The minimum atomic E-state index is -1.89. The summed E-state index contributed by atoms with van der Waals surface area (Å²) in [5.41, 5.74) is -1.89. The fraction of sp³-hybridized carbons (Fsp3) is 0.714. The quantitative estimate of drug-likeness (QED) is 0.578. The van der Waals surface area contributed by atoms with E-state index in [9.17, 15) is 14.7 Å². The Morgan fingerprint density at radius 3 is 2.25 bits per heavy atom. The van der Waals surface area contributed by atoms with Gasteiger partial charge in [-0.05, 0) is 6.42 Å². The molecule has 1 atom stereocenters. The van der Waals surface area contributed by atoms with Crippen LogP contribution in [0.15, 0.2) is 0 Å². The first kappa shape index (κ1) is 10.9. The van der Waals surface area contributed by atoms with Gasteiger partial charge in [-0.25, -0.2) is 4.79 Å². The van der Waals surface area contributed by atoms with E-state index in [1.54, 1.807) is 0 Å². The summed E-state index contributed by atoms with van der Waals surface area (Å²) < 4.78 is 4.25. The van der Waals surface area contributed by atoms with E-state index >= 15 is 0 Å². The van der Waals surface area contributed by atoms with E-state index in [1.807, 2.05) is 0 Å². The van der Waals surface area contributed by atoms with Crippen LogP contribution >= 0.6 is 0 Å². The number of carbonyl (C=O) groups is 2. The second-order valence-electron chi connectivity index (χ2n) is 2.45. The number of hydrogen-bond donors (Lipinski definition) is 2. The first-order valence-corrected chi connectivity index (χ1v) is 3.49. The molecule has 0 aliphatic carbocycles. The maximum absolute atomic E-state index is 10.9. The molecule has 0 saturated carbocycles. The maximum atomic E-state index is 10.9. The van der Waals surface area contributed by atoms with Crippen molar-refractivity contribution in [3.63, 3.8) is 0 Å². The highest BCUT2D eigenvalue weighted by Gasteiger charge is 2.37. The van der Waals surface area contributed by atoms with Crippen LogP contribution in [0, 0.1) is 0 Å². The predicted octanol–water partition coefficient (Wildman–Crippen LogP) is -0.225. The van der Waals surface area contributed by atoms with Gasteiger partial charge in [0, 0.05) is 0 Å². The van der Waals surface area contributed by atoms with Crippen molar-refractivity contribution in [2.75, 3.05) is 7.11 Å². The summed E-state index contributed by atoms with van der Waals surface area (Å²) in [6.07, 6.45) is -0.609. The first-order chi connectivity index (χ1) is 5.46. The van der Waals surface area contributed by atoms with Gasteiger partial charge in [-0.1, -0.05) is 6.92 Å². The molecule has 5 heteroatoms. The highest BCUT2D eigenvalue weighted by atomic mass is 16.5. The molecule has 2 N–H and O–H groups in total.